The smallest absolute Gasteiger partial charge is 0.265 e. The summed E-state index contributed by atoms with van der Waals surface area (Å²) in [5.74, 6) is -0.386. The van der Waals surface area contributed by atoms with Crippen LogP contribution in [-0.2, 0) is 0 Å². The minimum atomic E-state index is -0.218. The van der Waals surface area contributed by atoms with E-state index < -0.39 is 0 Å². The number of hydrogen-bond donors (Lipinski definition) is 2. The number of rotatable bonds is 4. The van der Waals surface area contributed by atoms with Crippen LogP contribution >= 0.6 is 27.3 Å². The predicted octanol–water partition coefficient (Wildman–Crippen LogP) is 5.02. The largest absolute Gasteiger partial charge is 0.322 e. The van der Waals surface area contributed by atoms with E-state index in [9.17, 15) is 9.59 Å². The molecule has 0 saturated heterocycles. The Bertz CT molecular complexity index is 878. The minimum absolute atomic E-state index is 0.167. The average Bonchev–Trinajstić information content (AvgIpc) is 3.10. The van der Waals surface area contributed by atoms with E-state index in [2.05, 4.69) is 26.6 Å². The molecule has 0 aliphatic carbocycles. The molecule has 24 heavy (non-hydrogen) atoms. The highest BCUT2D eigenvalue weighted by Crippen LogP contribution is 2.20. The van der Waals surface area contributed by atoms with E-state index in [0.29, 0.717) is 21.8 Å². The van der Waals surface area contributed by atoms with Gasteiger partial charge in [-0.25, -0.2) is 0 Å². The van der Waals surface area contributed by atoms with Gasteiger partial charge in [-0.05, 0) is 57.7 Å². The van der Waals surface area contributed by atoms with Crippen LogP contribution in [0.5, 0.6) is 0 Å². The molecule has 1 heterocycles. The number of benzene rings is 2. The van der Waals surface area contributed by atoms with Crippen LogP contribution in [0.25, 0.3) is 0 Å². The molecule has 6 heteroatoms. The third kappa shape index (κ3) is 3.90. The molecule has 0 fully saturated rings. The van der Waals surface area contributed by atoms with Gasteiger partial charge >= 0.3 is 0 Å². The summed E-state index contributed by atoms with van der Waals surface area (Å²) < 4.78 is 0.727. The van der Waals surface area contributed by atoms with E-state index in [1.54, 1.807) is 42.5 Å². The first-order chi connectivity index (χ1) is 11.6. The molecular weight excluding hydrogens is 388 g/mol. The monoisotopic (exact) mass is 400 g/mol. The van der Waals surface area contributed by atoms with E-state index in [4.69, 9.17) is 0 Å². The summed E-state index contributed by atoms with van der Waals surface area (Å²) in [5, 5.41) is 7.50. The van der Waals surface area contributed by atoms with Gasteiger partial charge in [-0.2, -0.15) is 0 Å². The summed E-state index contributed by atoms with van der Waals surface area (Å²) >= 11 is 4.74. The van der Waals surface area contributed by atoms with Crippen molar-refractivity contribution in [1.29, 1.82) is 0 Å². The molecule has 3 rings (SSSR count). The highest BCUT2D eigenvalue weighted by Gasteiger charge is 2.11. The molecule has 120 valence electrons. The zero-order chi connectivity index (χ0) is 16.9. The molecular formula is C18H13BrN2O2S. The fourth-order valence-electron chi connectivity index (χ4n) is 2.12. The first-order valence-electron chi connectivity index (χ1n) is 7.14. The van der Waals surface area contributed by atoms with Gasteiger partial charge in [-0.1, -0.05) is 24.3 Å². The number of anilines is 2. The quantitative estimate of drug-likeness (QED) is 0.645. The van der Waals surface area contributed by atoms with Crippen LogP contribution in [-0.4, -0.2) is 11.8 Å². The zero-order valence-electron chi connectivity index (χ0n) is 12.5. The van der Waals surface area contributed by atoms with Crippen molar-refractivity contribution in [3.63, 3.8) is 0 Å². The van der Waals surface area contributed by atoms with Gasteiger partial charge in [0.05, 0.1) is 10.4 Å². The standard InChI is InChI=1S/C18H13BrN2O2S/c19-15-8-2-1-7-14(15)17(22)20-12-5-3-6-13(11-12)21-18(23)16-9-4-10-24-16/h1-11H,(H,20,22)(H,21,23). The lowest BCUT2D eigenvalue weighted by Gasteiger charge is -2.09. The van der Waals surface area contributed by atoms with Gasteiger partial charge in [-0.3, -0.25) is 9.59 Å². The Balaban J connectivity index is 1.72. The van der Waals surface area contributed by atoms with Gasteiger partial charge < -0.3 is 10.6 Å². The van der Waals surface area contributed by atoms with Crippen molar-refractivity contribution in [2.75, 3.05) is 10.6 Å². The van der Waals surface area contributed by atoms with Gasteiger partial charge in [0, 0.05) is 15.8 Å². The SMILES string of the molecule is O=C(Nc1cccc(NC(=O)c2ccccc2Br)c1)c1cccs1. The molecule has 0 saturated carbocycles. The molecule has 0 spiro atoms. The average molecular weight is 401 g/mol. The first kappa shape index (κ1) is 16.4. The highest BCUT2D eigenvalue weighted by atomic mass is 79.9. The maximum absolute atomic E-state index is 12.3. The number of hydrogen-bond acceptors (Lipinski definition) is 3. The van der Waals surface area contributed by atoms with Crippen LogP contribution in [0.4, 0.5) is 11.4 Å². The van der Waals surface area contributed by atoms with E-state index in [1.165, 1.54) is 11.3 Å². The number of amides is 2. The lowest BCUT2D eigenvalue weighted by molar-refractivity contribution is 0.102. The minimum Gasteiger partial charge on any atom is -0.322 e. The normalized spacial score (nSPS) is 10.2. The van der Waals surface area contributed by atoms with Crippen molar-refractivity contribution in [2.24, 2.45) is 0 Å². The summed E-state index contributed by atoms with van der Waals surface area (Å²) in [5.41, 5.74) is 1.78. The van der Waals surface area contributed by atoms with Gasteiger partial charge in [0.2, 0.25) is 0 Å². The topological polar surface area (TPSA) is 58.2 Å². The van der Waals surface area contributed by atoms with E-state index in [-0.39, 0.29) is 11.8 Å². The molecule has 4 nitrogen and oxygen atoms in total. The van der Waals surface area contributed by atoms with Gasteiger partial charge in [0.15, 0.2) is 0 Å². The third-order valence-corrected chi connectivity index (χ3v) is 4.80. The van der Waals surface area contributed by atoms with E-state index >= 15 is 0 Å². The van der Waals surface area contributed by atoms with Crippen LogP contribution in [0.15, 0.2) is 70.5 Å². The summed E-state index contributed by atoms with van der Waals surface area (Å²) in [6, 6.07) is 17.8. The third-order valence-electron chi connectivity index (χ3n) is 3.24. The van der Waals surface area contributed by atoms with Crippen molar-refractivity contribution in [3.05, 3.63) is 81.0 Å². The van der Waals surface area contributed by atoms with Crippen LogP contribution < -0.4 is 10.6 Å². The second-order valence-corrected chi connectivity index (χ2v) is 6.75. The Morgan fingerprint density at radius 3 is 2.21 bits per heavy atom. The fourth-order valence-corrected chi connectivity index (χ4v) is 3.20. The summed E-state index contributed by atoms with van der Waals surface area (Å²) in [7, 11) is 0. The van der Waals surface area contributed by atoms with Crippen molar-refractivity contribution in [3.8, 4) is 0 Å². The maximum Gasteiger partial charge on any atom is 0.265 e. The predicted molar refractivity (Wildman–Crippen MR) is 101 cm³/mol. The summed E-state index contributed by atoms with van der Waals surface area (Å²) in [6.07, 6.45) is 0. The molecule has 2 N–H and O–H groups in total. The van der Waals surface area contributed by atoms with Crippen LogP contribution in [0.1, 0.15) is 20.0 Å². The van der Waals surface area contributed by atoms with Crippen molar-refractivity contribution in [1.82, 2.24) is 0 Å². The highest BCUT2D eigenvalue weighted by molar-refractivity contribution is 9.10. The van der Waals surface area contributed by atoms with Crippen LogP contribution in [0.2, 0.25) is 0 Å². The Labute approximate surface area is 151 Å². The van der Waals surface area contributed by atoms with Gasteiger partial charge in [0.25, 0.3) is 11.8 Å². The number of carbonyl (C=O) groups excluding carboxylic acids is 2. The van der Waals surface area contributed by atoms with Crippen LogP contribution in [0.3, 0.4) is 0 Å². The molecule has 0 radical (unpaired) electrons. The Morgan fingerprint density at radius 1 is 0.833 bits per heavy atom. The molecule has 3 aromatic rings. The summed E-state index contributed by atoms with van der Waals surface area (Å²) in [4.78, 5) is 25.0. The fraction of sp³-hybridized carbons (Fsp3) is 0. The molecule has 1 aromatic heterocycles. The van der Waals surface area contributed by atoms with E-state index in [1.807, 2.05) is 23.6 Å². The Hall–Kier alpha value is -2.44. The maximum atomic E-state index is 12.3. The van der Waals surface area contributed by atoms with Crippen molar-refractivity contribution < 1.29 is 9.59 Å². The molecule has 0 aliphatic heterocycles. The molecule has 0 atom stereocenters. The van der Waals surface area contributed by atoms with E-state index in [0.717, 1.165) is 4.47 Å². The molecule has 2 amide bonds. The number of thiophene rings is 1. The second-order valence-electron chi connectivity index (χ2n) is 4.95. The van der Waals surface area contributed by atoms with Crippen LogP contribution in [0, 0.1) is 0 Å². The first-order valence-corrected chi connectivity index (χ1v) is 8.81. The lowest BCUT2D eigenvalue weighted by Crippen LogP contribution is -2.13. The molecule has 0 aliphatic rings. The number of carbonyl (C=O) groups is 2. The summed E-state index contributed by atoms with van der Waals surface area (Å²) in [6.45, 7) is 0. The zero-order valence-corrected chi connectivity index (χ0v) is 14.9. The van der Waals surface area contributed by atoms with Crippen molar-refractivity contribution in [2.45, 2.75) is 0 Å². The van der Waals surface area contributed by atoms with Crippen molar-refractivity contribution >= 4 is 50.5 Å². The number of halogens is 1. The van der Waals surface area contributed by atoms with Gasteiger partial charge in [-0.15, -0.1) is 11.3 Å². The number of nitrogens with one attached hydrogen (secondary N) is 2. The second kappa shape index (κ2) is 7.42. The molecule has 2 aromatic carbocycles. The Kier molecular flexibility index (Phi) is 5.08. The lowest BCUT2D eigenvalue weighted by atomic mass is 10.2. The molecule has 0 unspecified atom stereocenters. The Morgan fingerprint density at radius 2 is 1.54 bits per heavy atom. The molecule has 0 bridgehead atoms. The van der Waals surface area contributed by atoms with Gasteiger partial charge in [0.1, 0.15) is 0 Å².